The molecule has 0 bridgehead atoms. The van der Waals surface area contributed by atoms with E-state index in [0.29, 0.717) is 17.5 Å². The van der Waals surface area contributed by atoms with Crippen molar-refractivity contribution >= 4 is 75.3 Å². The summed E-state index contributed by atoms with van der Waals surface area (Å²) in [6.45, 7) is 0. The number of fused-ring (bicyclic) bond motifs is 9. The predicted octanol–water partition coefficient (Wildman–Crippen LogP) is 13.9. The molecular formula is C51H30N4OS. The second-order valence-electron chi connectivity index (χ2n) is 14.4. The summed E-state index contributed by atoms with van der Waals surface area (Å²) in [7, 11) is 0. The van der Waals surface area contributed by atoms with Gasteiger partial charge in [-0.05, 0) is 65.7 Å². The minimum atomic E-state index is 0.587. The second-order valence-corrected chi connectivity index (χ2v) is 15.5. The predicted molar refractivity (Wildman–Crippen MR) is 236 cm³/mol. The molecule has 0 saturated carbocycles. The molecule has 4 aromatic heterocycles. The number of rotatable bonds is 5. The van der Waals surface area contributed by atoms with Gasteiger partial charge < -0.3 is 8.98 Å². The van der Waals surface area contributed by atoms with E-state index in [9.17, 15) is 0 Å². The standard InChI is InChI=1S/C51H30N4OS/c1-2-12-31(13-3-1)32-24-26-37-36-16-4-7-20-42(36)55(43(37)29-32)35-15-10-14-33(28-35)49-52-50(34-25-27-39-38-17-5-8-21-44(38)56-45(39)30-34)54-51(53-49)41-19-11-23-47-48(41)40-18-6-9-22-46(40)57-47/h1-30H. The molecule has 12 rings (SSSR count). The zero-order chi connectivity index (χ0) is 37.5. The Balaban J connectivity index is 1.08. The Hall–Kier alpha value is -7.41. The van der Waals surface area contributed by atoms with E-state index in [4.69, 9.17) is 19.4 Å². The highest BCUT2D eigenvalue weighted by Crippen LogP contribution is 2.41. The molecule has 57 heavy (non-hydrogen) atoms. The van der Waals surface area contributed by atoms with Crippen molar-refractivity contribution in [1.29, 1.82) is 0 Å². The zero-order valence-corrected chi connectivity index (χ0v) is 31.2. The third-order valence-corrected chi connectivity index (χ3v) is 12.2. The van der Waals surface area contributed by atoms with Crippen molar-refractivity contribution in [3.05, 3.63) is 182 Å². The molecule has 0 spiro atoms. The lowest BCUT2D eigenvalue weighted by Gasteiger charge is -2.12. The minimum Gasteiger partial charge on any atom is -0.456 e. The minimum absolute atomic E-state index is 0.587. The van der Waals surface area contributed by atoms with Crippen molar-refractivity contribution in [2.75, 3.05) is 0 Å². The van der Waals surface area contributed by atoms with Gasteiger partial charge in [-0.15, -0.1) is 11.3 Å². The molecule has 0 aliphatic rings. The fourth-order valence-corrected chi connectivity index (χ4v) is 9.56. The lowest BCUT2D eigenvalue weighted by atomic mass is 10.0. The highest BCUT2D eigenvalue weighted by Gasteiger charge is 2.19. The van der Waals surface area contributed by atoms with Crippen LogP contribution in [0.3, 0.4) is 0 Å². The van der Waals surface area contributed by atoms with Crippen LogP contribution >= 0.6 is 11.3 Å². The van der Waals surface area contributed by atoms with E-state index in [2.05, 4.69) is 168 Å². The van der Waals surface area contributed by atoms with Gasteiger partial charge in [-0.3, -0.25) is 0 Å². The number of nitrogens with zero attached hydrogens (tertiary/aromatic N) is 4. The van der Waals surface area contributed by atoms with Crippen molar-refractivity contribution < 1.29 is 4.42 Å². The SMILES string of the molecule is c1ccc(-c2ccc3c4ccccc4n(-c4cccc(-c5nc(-c6ccc7c(c6)oc6ccccc67)nc(-c6cccc7sc8ccccc8c67)n5)c4)c3c2)cc1. The van der Waals surface area contributed by atoms with E-state index in [1.807, 2.05) is 18.2 Å². The summed E-state index contributed by atoms with van der Waals surface area (Å²) >= 11 is 1.79. The van der Waals surface area contributed by atoms with Gasteiger partial charge >= 0.3 is 0 Å². The summed E-state index contributed by atoms with van der Waals surface area (Å²) < 4.78 is 11.1. The van der Waals surface area contributed by atoms with Gasteiger partial charge in [-0.2, -0.15) is 0 Å². The molecule has 8 aromatic carbocycles. The van der Waals surface area contributed by atoms with Gasteiger partial charge in [0.1, 0.15) is 11.2 Å². The van der Waals surface area contributed by atoms with Crippen molar-refractivity contribution in [3.63, 3.8) is 0 Å². The third-order valence-electron chi connectivity index (χ3n) is 11.1. The monoisotopic (exact) mass is 746 g/mol. The quantitative estimate of drug-likeness (QED) is 0.176. The van der Waals surface area contributed by atoms with Gasteiger partial charge in [0.15, 0.2) is 17.5 Å². The van der Waals surface area contributed by atoms with Crippen LogP contribution in [0.5, 0.6) is 0 Å². The fourth-order valence-electron chi connectivity index (χ4n) is 8.42. The van der Waals surface area contributed by atoms with Crippen molar-refractivity contribution in [1.82, 2.24) is 19.5 Å². The molecule has 0 aliphatic heterocycles. The highest BCUT2D eigenvalue weighted by atomic mass is 32.1. The van der Waals surface area contributed by atoms with Crippen LogP contribution in [0.2, 0.25) is 0 Å². The van der Waals surface area contributed by atoms with Crippen LogP contribution in [0.4, 0.5) is 0 Å². The highest BCUT2D eigenvalue weighted by molar-refractivity contribution is 7.25. The summed E-state index contributed by atoms with van der Waals surface area (Å²) in [5.41, 5.74) is 10.1. The first-order valence-corrected chi connectivity index (χ1v) is 19.8. The summed E-state index contributed by atoms with van der Waals surface area (Å²) in [6, 6.07) is 63.9. The largest absolute Gasteiger partial charge is 0.456 e. The molecule has 4 heterocycles. The smallest absolute Gasteiger partial charge is 0.164 e. The molecule has 5 nitrogen and oxygen atoms in total. The summed E-state index contributed by atoms with van der Waals surface area (Å²) in [5, 5.41) is 6.92. The normalized spacial score (nSPS) is 11.9. The molecule has 0 saturated heterocycles. The van der Waals surface area contributed by atoms with Gasteiger partial charge in [0, 0.05) is 64.1 Å². The topological polar surface area (TPSA) is 56.7 Å². The van der Waals surface area contributed by atoms with Gasteiger partial charge in [-0.25, -0.2) is 15.0 Å². The first-order chi connectivity index (χ1) is 28.2. The van der Waals surface area contributed by atoms with Gasteiger partial charge in [0.25, 0.3) is 0 Å². The van der Waals surface area contributed by atoms with E-state index in [1.54, 1.807) is 11.3 Å². The number of benzene rings is 8. The first-order valence-electron chi connectivity index (χ1n) is 19.0. The van der Waals surface area contributed by atoms with E-state index in [1.165, 1.54) is 36.7 Å². The zero-order valence-electron chi connectivity index (χ0n) is 30.4. The maximum Gasteiger partial charge on any atom is 0.164 e. The van der Waals surface area contributed by atoms with Crippen LogP contribution in [0.25, 0.3) is 115 Å². The molecule has 0 amide bonds. The number of hydrogen-bond donors (Lipinski definition) is 0. The summed E-state index contributed by atoms with van der Waals surface area (Å²) in [5.74, 6) is 1.82. The average molecular weight is 747 g/mol. The molecule has 6 heteroatoms. The molecule has 0 atom stereocenters. The Labute approximate surface area is 330 Å². The Bertz CT molecular complexity index is 3540. The first kappa shape index (κ1) is 31.9. The van der Waals surface area contributed by atoms with Crippen molar-refractivity contribution in [2.24, 2.45) is 0 Å². The summed E-state index contributed by atoms with van der Waals surface area (Å²) in [6.07, 6.45) is 0. The molecule has 0 aliphatic carbocycles. The number of furan rings is 1. The molecule has 266 valence electrons. The summed E-state index contributed by atoms with van der Waals surface area (Å²) in [4.78, 5) is 15.7. The van der Waals surface area contributed by atoms with E-state index < -0.39 is 0 Å². The van der Waals surface area contributed by atoms with Crippen LogP contribution in [0, 0.1) is 0 Å². The van der Waals surface area contributed by atoms with E-state index in [0.717, 1.165) is 60.7 Å². The molecule has 0 N–H and O–H groups in total. The molecule has 0 fully saturated rings. The lowest BCUT2D eigenvalue weighted by Crippen LogP contribution is -2.01. The lowest BCUT2D eigenvalue weighted by molar-refractivity contribution is 0.669. The van der Waals surface area contributed by atoms with Gasteiger partial charge in [-0.1, -0.05) is 127 Å². The van der Waals surface area contributed by atoms with Gasteiger partial charge in [0.2, 0.25) is 0 Å². The molecule has 0 unspecified atom stereocenters. The second kappa shape index (κ2) is 12.6. The van der Waals surface area contributed by atoms with Crippen LogP contribution in [-0.4, -0.2) is 19.5 Å². The van der Waals surface area contributed by atoms with Crippen LogP contribution in [0.1, 0.15) is 0 Å². The number of hydrogen-bond acceptors (Lipinski definition) is 5. The maximum absolute atomic E-state index is 6.33. The van der Waals surface area contributed by atoms with Crippen molar-refractivity contribution in [3.8, 4) is 51.0 Å². The third kappa shape index (κ3) is 5.12. The van der Waals surface area contributed by atoms with Gasteiger partial charge in [0.05, 0.1) is 11.0 Å². The Morgan fingerprint density at radius 2 is 1.02 bits per heavy atom. The Kier molecular flexibility index (Phi) is 7.03. The number of thiophene rings is 1. The fraction of sp³-hybridized carbons (Fsp3) is 0. The average Bonchev–Trinajstić information content (AvgIpc) is 3.95. The van der Waals surface area contributed by atoms with Crippen LogP contribution in [-0.2, 0) is 0 Å². The number of aromatic nitrogens is 4. The van der Waals surface area contributed by atoms with Crippen LogP contribution < -0.4 is 0 Å². The molecule has 12 aromatic rings. The molecule has 0 radical (unpaired) electrons. The Morgan fingerprint density at radius 1 is 0.386 bits per heavy atom. The Morgan fingerprint density at radius 3 is 1.91 bits per heavy atom. The van der Waals surface area contributed by atoms with E-state index >= 15 is 0 Å². The molecular weight excluding hydrogens is 717 g/mol. The number of para-hydroxylation sites is 2. The van der Waals surface area contributed by atoms with Crippen LogP contribution in [0.15, 0.2) is 186 Å². The maximum atomic E-state index is 6.33. The van der Waals surface area contributed by atoms with Crippen molar-refractivity contribution in [2.45, 2.75) is 0 Å². The van der Waals surface area contributed by atoms with E-state index in [-0.39, 0.29) is 0 Å².